The van der Waals surface area contributed by atoms with E-state index in [2.05, 4.69) is 23.7 Å². The number of amides is 2. The average molecular weight is 583 g/mol. The van der Waals surface area contributed by atoms with E-state index in [4.69, 9.17) is 9.47 Å². The number of hydrogen-bond donors (Lipinski definition) is 1. The summed E-state index contributed by atoms with van der Waals surface area (Å²) >= 11 is 0. The number of rotatable bonds is 6. The third-order valence-electron chi connectivity index (χ3n) is 8.33. The number of benzene rings is 3. The van der Waals surface area contributed by atoms with Gasteiger partial charge in [0.05, 0.1) is 26.3 Å². The van der Waals surface area contributed by atoms with Crippen LogP contribution in [0.25, 0.3) is 10.9 Å². The predicted molar refractivity (Wildman–Crippen MR) is 171 cm³/mol. The number of methoxy groups -OCH3 is 2. The van der Waals surface area contributed by atoms with Gasteiger partial charge in [-0.2, -0.15) is 0 Å². The zero-order valence-electron chi connectivity index (χ0n) is 25.9. The van der Waals surface area contributed by atoms with Crippen molar-refractivity contribution >= 4 is 28.4 Å². The topological polar surface area (TPSA) is 78.1 Å². The molecule has 1 aliphatic rings. The molecule has 226 valence electrons. The number of anilines is 1. The maximum absolute atomic E-state index is 14.1. The van der Waals surface area contributed by atoms with Gasteiger partial charge in [-0.25, -0.2) is 0 Å². The zero-order valence-corrected chi connectivity index (χ0v) is 25.9. The number of nitrogens with zero attached hydrogens (tertiary/aromatic N) is 3. The second kappa shape index (κ2) is 13.3. The molecular weight excluding hydrogens is 540 g/mol. The van der Waals surface area contributed by atoms with E-state index in [9.17, 15) is 9.59 Å². The van der Waals surface area contributed by atoms with Crippen LogP contribution in [-0.2, 0) is 17.8 Å². The molecule has 8 heteroatoms. The van der Waals surface area contributed by atoms with Crippen molar-refractivity contribution in [1.29, 1.82) is 0 Å². The molecule has 0 bridgehead atoms. The van der Waals surface area contributed by atoms with E-state index in [-0.39, 0.29) is 18.2 Å². The van der Waals surface area contributed by atoms with Gasteiger partial charge in [-0.05, 0) is 74.2 Å². The SMILES string of the molecule is COc1ccc(CC(=O)N2CCCN(C(C)C)CCN(C(=O)c3cc4ccc(OC)cc4[nH]3)Cc3cccc(C)c32)cc1. The molecule has 43 heavy (non-hydrogen) atoms. The quantitative estimate of drug-likeness (QED) is 0.310. The minimum atomic E-state index is -0.0679. The molecule has 1 N–H and O–H groups in total. The van der Waals surface area contributed by atoms with Gasteiger partial charge in [0.25, 0.3) is 5.91 Å². The van der Waals surface area contributed by atoms with E-state index >= 15 is 0 Å². The summed E-state index contributed by atoms with van der Waals surface area (Å²) in [7, 11) is 3.27. The summed E-state index contributed by atoms with van der Waals surface area (Å²) in [6.07, 6.45) is 1.12. The number of carbonyl (C=O) groups excluding carboxylic acids is 2. The van der Waals surface area contributed by atoms with Crippen molar-refractivity contribution in [2.24, 2.45) is 0 Å². The van der Waals surface area contributed by atoms with Crippen molar-refractivity contribution in [1.82, 2.24) is 14.8 Å². The molecule has 0 radical (unpaired) electrons. The summed E-state index contributed by atoms with van der Waals surface area (Å²) in [5.74, 6) is 1.47. The first-order valence-electron chi connectivity index (χ1n) is 15.0. The van der Waals surface area contributed by atoms with Crippen molar-refractivity contribution in [2.75, 3.05) is 45.3 Å². The molecule has 1 aliphatic heterocycles. The molecule has 5 rings (SSSR count). The van der Waals surface area contributed by atoms with Crippen LogP contribution in [0.2, 0.25) is 0 Å². The van der Waals surface area contributed by atoms with Crippen LogP contribution in [-0.4, -0.2) is 73.0 Å². The molecule has 2 amide bonds. The van der Waals surface area contributed by atoms with Gasteiger partial charge in [0, 0.05) is 55.7 Å². The van der Waals surface area contributed by atoms with E-state index in [1.165, 1.54) is 0 Å². The van der Waals surface area contributed by atoms with Gasteiger partial charge in [0.15, 0.2) is 0 Å². The number of carbonyl (C=O) groups is 2. The summed E-state index contributed by atoms with van der Waals surface area (Å²) in [6.45, 7) is 9.57. The summed E-state index contributed by atoms with van der Waals surface area (Å²) in [4.78, 5) is 37.6. The number of hydrogen-bond acceptors (Lipinski definition) is 5. The zero-order chi connectivity index (χ0) is 30.5. The standard InChI is InChI=1S/C35H42N4O4/c1-24(2)37-16-7-17-39(33(40)20-26-10-13-29(42-4)14-11-26)34-25(3)8-6-9-28(34)23-38(19-18-37)35(41)32-21-27-12-15-30(43-5)22-31(27)36-32/h6,8-15,21-22,24,36H,7,16-20,23H2,1-5H3. The lowest BCUT2D eigenvalue weighted by Crippen LogP contribution is -2.41. The van der Waals surface area contributed by atoms with Crippen LogP contribution < -0.4 is 14.4 Å². The highest BCUT2D eigenvalue weighted by molar-refractivity contribution is 5.99. The number of ether oxygens (including phenoxy) is 2. The Hall–Kier alpha value is -4.30. The molecule has 0 unspecified atom stereocenters. The van der Waals surface area contributed by atoms with Crippen LogP contribution in [0, 0.1) is 6.92 Å². The number of H-pyrrole nitrogens is 1. The number of nitrogens with one attached hydrogen (secondary N) is 1. The Kier molecular flexibility index (Phi) is 9.36. The minimum Gasteiger partial charge on any atom is -0.497 e. The lowest BCUT2D eigenvalue weighted by atomic mass is 10.0. The maximum Gasteiger partial charge on any atom is 0.270 e. The largest absolute Gasteiger partial charge is 0.497 e. The van der Waals surface area contributed by atoms with Crippen LogP contribution in [0.5, 0.6) is 11.5 Å². The van der Waals surface area contributed by atoms with E-state index in [0.717, 1.165) is 64.3 Å². The van der Waals surface area contributed by atoms with Crippen molar-refractivity contribution in [3.8, 4) is 11.5 Å². The Balaban J connectivity index is 1.50. The van der Waals surface area contributed by atoms with E-state index < -0.39 is 0 Å². The minimum absolute atomic E-state index is 0.0403. The Labute approximate surface area is 254 Å². The Morgan fingerprint density at radius 3 is 2.35 bits per heavy atom. The third kappa shape index (κ3) is 6.86. The van der Waals surface area contributed by atoms with Crippen molar-refractivity contribution in [3.63, 3.8) is 0 Å². The fourth-order valence-electron chi connectivity index (χ4n) is 5.89. The van der Waals surface area contributed by atoms with E-state index in [1.807, 2.05) is 83.5 Å². The number of para-hydroxylation sites is 1. The molecule has 0 saturated heterocycles. The monoisotopic (exact) mass is 582 g/mol. The van der Waals surface area contributed by atoms with E-state index in [0.29, 0.717) is 31.4 Å². The molecular formula is C35H42N4O4. The maximum atomic E-state index is 14.1. The molecule has 0 fully saturated rings. The lowest BCUT2D eigenvalue weighted by Gasteiger charge is -2.30. The van der Waals surface area contributed by atoms with Crippen LogP contribution in [0.15, 0.2) is 66.7 Å². The van der Waals surface area contributed by atoms with Crippen molar-refractivity contribution < 1.29 is 19.1 Å². The Morgan fingerprint density at radius 1 is 0.884 bits per heavy atom. The van der Waals surface area contributed by atoms with Crippen molar-refractivity contribution in [3.05, 3.63) is 89.1 Å². The second-order valence-corrected chi connectivity index (χ2v) is 11.5. The van der Waals surface area contributed by atoms with Gasteiger partial charge < -0.3 is 24.3 Å². The first-order chi connectivity index (χ1) is 20.8. The second-order valence-electron chi connectivity index (χ2n) is 11.5. The van der Waals surface area contributed by atoms with Gasteiger partial charge in [-0.15, -0.1) is 0 Å². The van der Waals surface area contributed by atoms with Gasteiger partial charge >= 0.3 is 0 Å². The molecule has 2 heterocycles. The molecule has 0 atom stereocenters. The molecule has 4 aromatic rings. The summed E-state index contributed by atoms with van der Waals surface area (Å²) < 4.78 is 10.7. The van der Waals surface area contributed by atoms with Crippen LogP contribution >= 0.6 is 0 Å². The van der Waals surface area contributed by atoms with Crippen LogP contribution in [0.4, 0.5) is 5.69 Å². The highest BCUT2D eigenvalue weighted by atomic mass is 16.5. The Bertz CT molecular complexity index is 1580. The molecule has 3 aromatic carbocycles. The van der Waals surface area contributed by atoms with Crippen LogP contribution in [0.1, 0.15) is 47.4 Å². The third-order valence-corrected chi connectivity index (χ3v) is 8.33. The normalized spacial score (nSPS) is 14.8. The first kappa shape index (κ1) is 30.2. The van der Waals surface area contributed by atoms with Gasteiger partial charge in [0.1, 0.15) is 17.2 Å². The fraction of sp³-hybridized carbons (Fsp3) is 0.371. The predicted octanol–water partition coefficient (Wildman–Crippen LogP) is 5.83. The van der Waals surface area contributed by atoms with Crippen molar-refractivity contribution in [2.45, 2.75) is 46.2 Å². The fourth-order valence-corrected chi connectivity index (χ4v) is 5.89. The van der Waals surface area contributed by atoms with Crippen LogP contribution in [0.3, 0.4) is 0 Å². The molecule has 1 aromatic heterocycles. The summed E-state index contributed by atoms with van der Waals surface area (Å²) in [5, 5.41) is 0.956. The van der Waals surface area contributed by atoms with Gasteiger partial charge in [-0.3, -0.25) is 14.5 Å². The summed E-state index contributed by atoms with van der Waals surface area (Å²) in [6, 6.07) is 21.7. The first-order valence-corrected chi connectivity index (χ1v) is 15.0. The number of aromatic nitrogens is 1. The van der Waals surface area contributed by atoms with Gasteiger partial charge in [0.2, 0.25) is 5.91 Å². The van der Waals surface area contributed by atoms with Gasteiger partial charge in [-0.1, -0.05) is 30.3 Å². The molecule has 0 aliphatic carbocycles. The lowest BCUT2D eigenvalue weighted by molar-refractivity contribution is -0.118. The number of aromatic amines is 1. The number of fused-ring (bicyclic) bond motifs is 2. The number of aryl methyl sites for hydroxylation is 1. The molecule has 0 saturated carbocycles. The Morgan fingerprint density at radius 2 is 1.63 bits per heavy atom. The smallest absolute Gasteiger partial charge is 0.270 e. The highest BCUT2D eigenvalue weighted by Gasteiger charge is 2.27. The molecule has 0 spiro atoms. The average Bonchev–Trinajstić information content (AvgIpc) is 3.42. The highest BCUT2D eigenvalue weighted by Crippen LogP contribution is 2.30. The molecule has 8 nitrogen and oxygen atoms in total. The van der Waals surface area contributed by atoms with E-state index in [1.54, 1.807) is 14.2 Å². The summed E-state index contributed by atoms with van der Waals surface area (Å²) in [5.41, 5.74) is 5.22.